The molecule has 122 valence electrons. The fraction of sp³-hybridized carbons (Fsp3) is 0.875. The Hall–Kier alpha value is -0.940. The molecule has 1 heterocycles. The highest BCUT2D eigenvalue weighted by Crippen LogP contribution is 2.07. The van der Waals surface area contributed by atoms with E-state index < -0.39 is 0 Å². The molecule has 1 atom stereocenters. The fourth-order valence-electron chi connectivity index (χ4n) is 2.13. The van der Waals surface area contributed by atoms with Gasteiger partial charge in [-0.25, -0.2) is 4.68 Å². The minimum atomic E-state index is 0.340. The van der Waals surface area contributed by atoms with Gasteiger partial charge in [-0.3, -0.25) is 0 Å². The zero-order chi connectivity index (χ0) is 15.5. The Balaban J connectivity index is 2.11. The van der Waals surface area contributed by atoms with Crippen LogP contribution in [0.4, 0.5) is 0 Å². The molecule has 0 radical (unpaired) electrons. The van der Waals surface area contributed by atoms with E-state index in [1.165, 1.54) is 25.7 Å². The van der Waals surface area contributed by atoms with Crippen LogP contribution >= 0.6 is 0 Å². The topological polar surface area (TPSA) is 52.0 Å². The Morgan fingerprint density at radius 1 is 1.24 bits per heavy atom. The van der Waals surface area contributed by atoms with E-state index in [9.17, 15) is 0 Å². The van der Waals surface area contributed by atoms with E-state index in [1.54, 1.807) is 0 Å². The van der Waals surface area contributed by atoms with E-state index in [0.717, 1.165) is 25.2 Å². The summed E-state index contributed by atoms with van der Waals surface area (Å²) in [6, 6.07) is 0.465. The van der Waals surface area contributed by atoms with Gasteiger partial charge in [0.05, 0.1) is 24.9 Å². The maximum absolute atomic E-state index is 5.83. The minimum Gasteiger partial charge on any atom is -0.377 e. The number of nitrogens with one attached hydrogen (secondary N) is 1. The quantitative estimate of drug-likeness (QED) is 0.602. The molecule has 0 saturated carbocycles. The predicted octanol–water partition coefficient (Wildman–Crippen LogP) is 3.15. The van der Waals surface area contributed by atoms with Gasteiger partial charge in [-0.05, 0) is 13.3 Å². The van der Waals surface area contributed by atoms with Gasteiger partial charge in [0.15, 0.2) is 0 Å². The average molecular weight is 296 g/mol. The summed E-state index contributed by atoms with van der Waals surface area (Å²) in [4.78, 5) is 0. The second kappa shape index (κ2) is 10.7. The molecule has 5 heteroatoms. The Morgan fingerprint density at radius 3 is 2.76 bits per heavy atom. The molecule has 1 aromatic heterocycles. The van der Waals surface area contributed by atoms with Crippen LogP contribution in [0.3, 0.4) is 0 Å². The van der Waals surface area contributed by atoms with Gasteiger partial charge in [-0.15, -0.1) is 5.10 Å². The number of aromatic nitrogens is 3. The lowest BCUT2D eigenvalue weighted by Crippen LogP contribution is -2.22. The summed E-state index contributed by atoms with van der Waals surface area (Å²) < 4.78 is 7.69. The highest BCUT2D eigenvalue weighted by atomic mass is 16.5. The van der Waals surface area contributed by atoms with Gasteiger partial charge >= 0.3 is 0 Å². The maximum Gasteiger partial charge on any atom is 0.0964 e. The SMILES string of the molecule is CCCCCCC(C)OCCn1cc(CNC(C)C)nn1. The maximum atomic E-state index is 5.83. The zero-order valence-electron chi connectivity index (χ0n) is 14.1. The molecule has 0 fully saturated rings. The van der Waals surface area contributed by atoms with Crippen molar-refractivity contribution in [2.75, 3.05) is 6.61 Å². The third-order valence-corrected chi connectivity index (χ3v) is 3.46. The van der Waals surface area contributed by atoms with E-state index in [0.29, 0.717) is 18.8 Å². The van der Waals surface area contributed by atoms with Crippen LogP contribution in [0, 0.1) is 0 Å². The molecule has 5 nitrogen and oxygen atoms in total. The van der Waals surface area contributed by atoms with Gasteiger partial charge < -0.3 is 10.1 Å². The molecule has 0 bridgehead atoms. The number of unbranched alkanes of at least 4 members (excludes halogenated alkanes) is 3. The molecule has 21 heavy (non-hydrogen) atoms. The van der Waals surface area contributed by atoms with E-state index in [4.69, 9.17) is 4.74 Å². The Kier molecular flexibility index (Phi) is 9.26. The fourth-order valence-corrected chi connectivity index (χ4v) is 2.13. The molecule has 0 aliphatic carbocycles. The summed E-state index contributed by atoms with van der Waals surface area (Å²) in [5.41, 5.74) is 0.983. The third-order valence-electron chi connectivity index (χ3n) is 3.46. The van der Waals surface area contributed by atoms with E-state index in [-0.39, 0.29) is 0 Å². The number of nitrogens with zero attached hydrogens (tertiary/aromatic N) is 3. The van der Waals surface area contributed by atoms with Crippen LogP contribution in [-0.4, -0.2) is 33.7 Å². The lowest BCUT2D eigenvalue weighted by atomic mass is 10.1. The number of rotatable bonds is 12. The summed E-state index contributed by atoms with van der Waals surface area (Å²) in [7, 11) is 0. The largest absolute Gasteiger partial charge is 0.377 e. The van der Waals surface area contributed by atoms with Crippen LogP contribution in [0.25, 0.3) is 0 Å². The van der Waals surface area contributed by atoms with Crippen molar-refractivity contribution in [3.8, 4) is 0 Å². The van der Waals surface area contributed by atoms with Crippen LogP contribution in [0.2, 0.25) is 0 Å². The highest BCUT2D eigenvalue weighted by molar-refractivity contribution is 4.91. The molecule has 0 aliphatic heterocycles. The summed E-state index contributed by atoms with van der Waals surface area (Å²) in [5, 5.41) is 11.6. The normalized spacial score (nSPS) is 13.0. The summed E-state index contributed by atoms with van der Waals surface area (Å²) in [6.45, 7) is 10.9. The Bertz CT molecular complexity index is 365. The first-order valence-corrected chi connectivity index (χ1v) is 8.35. The van der Waals surface area contributed by atoms with Crippen molar-refractivity contribution < 1.29 is 4.74 Å². The molecular weight excluding hydrogens is 264 g/mol. The molecule has 1 N–H and O–H groups in total. The van der Waals surface area contributed by atoms with Gasteiger partial charge in [0.1, 0.15) is 0 Å². The second-order valence-corrected chi connectivity index (χ2v) is 6.04. The number of hydrogen-bond donors (Lipinski definition) is 1. The molecule has 1 unspecified atom stereocenters. The standard InChI is InChI=1S/C16H32N4O/c1-5-6-7-8-9-15(4)21-11-10-20-13-16(18-19-20)12-17-14(2)3/h13-15,17H,5-12H2,1-4H3. The molecule has 0 saturated heterocycles. The van der Waals surface area contributed by atoms with Gasteiger partial charge in [-0.2, -0.15) is 0 Å². The van der Waals surface area contributed by atoms with Crippen molar-refractivity contribution in [3.63, 3.8) is 0 Å². The van der Waals surface area contributed by atoms with Crippen LogP contribution < -0.4 is 5.32 Å². The first kappa shape index (κ1) is 18.1. The lowest BCUT2D eigenvalue weighted by molar-refractivity contribution is 0.0513. The first-order chi connectivity index (χ1) is 10.1. The molecule has 1 rings (SSSR count). The van der Waals surface area contributed by atoms with Gasteiger partial charge in [0, 0.05) is 18.8 Å². The van der Waals surface area contributed by atoms with E-state index in [1.807, 2.05) is 10.9 Å². The predicted molar refractivity (Wildman–Crippen MR) is 86.2 cm³/mol. The van der Waals surface area contributed by atoms with Crippen molar-refractivity contribution in [1.29, 1.82) is 0 Å². The average Bonchev–Trinajstić information content (AvgIpc) is 2.89. The van der Waals surface area contributed by atoms with Gasteiger partial charge in [0.2, 0.25) is 0 Å². The monoisotopic (exact) mass is 296 g/mol. The molecular formula is C16H32N4O. The molecule has 0 spiro atoms. The highest BCUT2D eigenvalue weighted by Gasteiger charge is 2.04. The van der Waals surface area contributed by atoms with Gasteiger partial charge in [0.25, 0.3) is 0 Å². The zero-order valence-corrected chi connectivity index (χ0v) is 14.1. The molecule has 0 aromatic carbocycles. The van der Waals surface area contributed by atoms with Crippen molar-refractivity contribution in [2.24, 2.45) is 0 Å². The van der Waals surface area contributed by atoms with Crippen molar-refractivity contribution >= 4 is 0 Å². The van der Waals surface area contributed by atoms with Crippen LogP contribution in [-0.2, 0) is 17.8 Å². The second-order valence-electron chi connectivity index (χ2n) is 6.04. The lowest BCUT2D eigenvalue weighted by Gasteiger charge is -2.12. The smallest absolute Gasteiger partial charge is 0.0964 e. The van der Waals surface area contributed by atoms with Gasteiger partial charge in [-0.1, -0.05) is 51.7 Å². The van der Waals surface area contributed by atoms with Crippen LogP contribution in [0.15, 0.2) is 6.20 Å². The van der Waals surface area contributed by atoms with Crippen molar-refractivity contribution in [3.05, 3.63) is 11.9 Å². The van der Waals surface area contributed by atoms with Crippen LogP contribution in [0.5, 0.6) is 0 Å². The van der Waals surface area contributed by atoms with Crippen molar-refractivity contribution in [2.45, 2.75) is 85.0 Å². The molecule has 0 aliphatic rings. The summed E-state index contributed by atoms with van der Waals surface area (Å²) in [6.07, 6.45) is 8.69. The summed E-state index contributed by atoms with van der Waals surface area (Å²) >= 11 is 0. The van der Waals surface area contributed by atoms with E-state index >= 15 is 0 Å². The number of ether oxygens (including phenoxy) is 1. The Morgan fingerprint density at radius 2 is 2.05 bits per heavy atom. The van der Waals surface area contributed by atoms with E-state index in [2.05, 4.69) is 43.3 Å². The number of hydrogen-bond acceptors (Lipinski definition) is 4. The Labute approximate surface area is 129 Å². The minimum absolute atomic E-state index is 0.340. The third kappa shape index (κ3) is 8.83. The molecule has 1 aromatic rings. The van der Waals surface area contributed by atoms with Crippen LogP contribution in [0.1, 0.15) is 65.5 Å². The van der Waals surface area contributed by atoms with Crippen molar-refractivity contribution in [1.82, 2.24) is 20.3 Å². The first-order valence-electron chi connectivity index (χ1n) is 8.35. The molecule has 0 amide bonds. The summed E-state index contributed by atoms with van der Waals surface area (Å²) in [5.74, 6) is 0.